The van der Waals surface area contributed by atoms with Gasteiger partial charge in [-0.3, -0.25) is 10.1 Å². The first-order chi connectivity index (χ1) is 12.7. The topological polar surface area (TPSA) is 74.6 Å². The fraction of sp³-hybridized carbons (Fsp3) is 0.316. The third kappa shape index (κ3) is 3.52. The van der Waals surface area contributed by atoms with Crippen LogP contribution in [0.2, 0.25) is 0 Å². The molecule has 1 fully saturated rings. The molecule has 2 N–H and O–H groups in total. The highest BCUT2D eigenvalue weighted by Crippen LogP contribution is 2.18. The highest BCUT2D eigenvalue weighted by molar-refractivity contribution is 6.03. The summed E-state index contributed by atoms with van der Waals surface area (Å²) in [7, 11) is 2.15. The van der Waals surface area contributed by atoms with Crippen molar-refractivity contribution in [2.45, 2.75) is 18.9 Å². The van der Waals surface area contributed by atoms with Crippen LogP contribution in [0.4, 0.5) is 11.8 Å². The molecule has 1 amide bonds. The number of likely N-dealkylation sites (tertiary alicyclic amines) is 1. The van der Waals surface area contributed by atoms with Gasteiger partial charge in [-0.25, -0.2) is 0 Å². The summed E-state index contributed by atoms with van der Waals surface area (Å²) in [6.45, 7) is 2.17. The van der Waals surface area contributed by atoms with E-state index in [-0.39, 0.29) is 5.91 Å². The van der Waals surface area contributed by atoms with Crippen LogP contribution in [0.25, 0.3) is 5.65 Å². The van der Waals surface area contributed by atoms with Gasteiger partial charge in [0.25, 0.3) is 5.91 Å². The molecule has 0 bridgehead atoms. The Morgan fingerprint density at radius 2 is 1.85 bits per heavy atom. The van der Waals surface area contributed by atoms with Crippen molar-refractivity contribution in [1.29, 1.82) is 0 Å². The monoisotopic (exact) mass is 350 g/mol. The number of piperidine rings is 1. The van der Waals surface area contributed by atoms with E-state index in [0.717, 1.165) is 31.7 Å². The zero-order valence-corrected chi connectivity index (χ0v) is 14.7. The molecule has 7 nitrogen and oxygen atoms in total. The summed E-state index contributed by atoms with van der Waals surface area (Å²) in [5, 5.41) is 10.8. The molecule has 0 saturated carbocycles. The second kappa shape index (κ2) is 7.13. The van der Waals surface area contributed by atoms with Crippen molar-refractivity contribution >= 4 is 23.3 Å². The van der Waals surface area contributed by atoms with Gasteiger partial charge in [-0.2, -0.15) is 9.50 Å². The van der Waals surface area contributed by atoms with Crippen LogP contribution in [-0.2, 0) is 0 Å². The van der Waals surface area contributed by atoms with Crippen LogP contribution in [0, 0.1) is 0 Å². The van der Waals surface area contributed by atoms with Gasteiger partial charge in [-0.05, 0) is 57.2 Å². The maximum absolute atomic E-state index is 12.3. The van der Waals surface area contributed by atoms with E-state index in [1.54, 1.807) is 16.6 Å². The van der Waals surface area contributed by atoms with E-state index in [1.807, 2.05) is 36.4 Å². The minimum absolute atomic E-state index is 0.216. The number of carbonyl (C=O) groups is 1. The summed E-state index contributed by atoms with van der Waals surface area (Å²) in [5.41, 5.74) is 1.28. The minimum atomic E-state index is -0.216. The van der Waals surface area contributed by atoms with E-state index in [1.165, 1.54) is 0 Å². The highest BCUT2D eigenvalue weighted by atomic mass is 16.1. The first kappa shape index (κ1) is 16.5. The summed E-state index contributed by atoms with van der Waals surface area (Å²) in [4.78, 5) is 19.1. The molecule has 4 rings (SSSR count). The van der Waals surface area contributed by atoms with Crippen LogP contribution in [0.3, 0.4) is 0 Å². The fourth-order valence-corrected chi connectivity index (χ4v) is 3.19. The average molecular weight is 350 g/mol. The molecule has 0 spiro atoms. The molecular weight excluding hydrogens is 328 g/mol. The van der Waals surface area contributed by atoms with Crippen molar-refractivity contribution in [3.63, 3.8) is 0 Å². The van der Waals surface area contributed by atoms with Crippen molar-refractivity contribution in [1.82, 2.24) is 19.5 Å². The van der Waals surface area contributed by atoms with Gasteiger partial charge >= 0.3 is 0 Å². The van der Waals surface area contributed by atoms with Crippen molar-refractivity contribution in [3.05, 3.63) is 54.1 Å². The number of aromatic nitrogens is 3. The number of nitrogens with zero attached hydrogens (tertiary/aromatic N) is 4. The van der Waals surface area contributed by atoms with Crippen LogP contribution < -0.4 is 10.6 Å². The number of pyridine rings is 1. The van der Waals surface area contributed by atoms with Gasteiger partial charge in [0.1, 0.15) is 5.82 Å². The number of nitrogens with one attached hydrogen (secondary N) is 2. The molecule has 1 aliphatic heterocycles. The lowest BCUT2D eigenvalue weighted by Gasteiger charge is -2.30. The Hall–Kier alpha value is -2.93. The normalized spacial score (nSPS) is 15.9. The van der Waals surface area contributed by atoms with E-state index in [9.17, 15) is 4.79 Å². The highest BCUT2D eigenvalue weighted by Gasteiger charge is 2.18. The van der Waals surface area contributed by atoms with E-state index < -0.39 is 0 Å². The first-order valence-electron chi connectivity index (χ1n) is 8.86. The number of rotatable bonds is 4. The molecule has 1 aromatic carbocycles. The minimum Gasteiger partial charge on any atom is -0.367 e. The maximum atomic E-state index is 12.3. The number of hydrogen-bond acceptors (Lipinski definition) is 5. The zero-order valence-electron chi connectivity index (χ0n) is 14.7. The van der Waals surface area contributed by atoms with Crippen LogP contribution in [-0.4, -0.2) is 51.6 Å². The molecule has 0 aliphatic carbocycles. The van der Waals surface area contributed by atoms with Crippen LogP contribution in [0.5, 0.6) is 0 Å². The Kier molecular flexibility index (Phi) is 4.53. The van der Waals surface area contributed by atoms with E-state index >= 15 is 0 Å². The van der Waals surface area contributed by atoms with E-state index in [4.69, 9.17) is 0 Å². The molecular formula is C19H22N6O. The third-order valence-electron chi connectivity index (χ3n) is 4.69. The van der Waals surface area contributed by atoms with Gasteiger partial charge in [0.05, 0.1) is 0 Å². The molecule has 3 heterocycles. The number of hydrogen-bond donors (Lipinski definition) is 2. The average Bonchev–Trinajstić information content (AvgIpc) is 3.08. The van der Waals surface area contributed by atoms with E-state index in [2.05, 4.69) is 32.7 Å². The predicted octanol–water partition coefficient (Wildman–Crippen LogP) is 2.49. The summed E-state index contributed by atoms with van der Waals surface area (Å²) in [6, 6.07) is 15.3. The molecule has 134 valence electrons. The van der Waals surface area contributed by atoms with Gasteiger partial charge < -0.3 is 10.2 Å². The predicted molar refractivity (Wildman–Crippen MR) is 102 cm³/mol. The summed E-state index contributed by atoms with van der Waals surface area (Å²) in [6.07, 6.45) is 2.19. The van der Waals surface area contributed by atoms with Crippen molar-refractivity contribution in [2.24, 2.45) is 0 Å². The molecule has 2 aromatic heterocycles. The van der Waals surface area contributed by atoms with Crippen molar-refractivity contribution in [3.8, 4) is 0 Å². The summed E-state index contributed by atoms with van der Waals surface area (Å²) < 4.78 is 1.75. The fourth-order valence-electron chi connectivity index (χ4n) is 3.19. The zero-order chi connectivity index (χ0) is 17.9. The van der Waals surface area contributed by atoms with Crippen molar-refractivity contribution < 1.29 is 4.79 Å². The Morgan fingerprint density at radius 1 is 1.08 bits per heavy atom. The van der Waals surface area contributed by atoms with Crippen LogP contribution in [0.15, 0.2) is 48.5 Å². The van der Waals surface area contributed by atoms with Gasteiger partial charge in [-0.15, -0.1) is 5.10 Å². The van der Waals surface area contributed by atoms with Crippen molar-refractivity contribution in [2.75, 3.05) is 30.8 Å². The Bertz CT molecular complexity index is 899. The Morgan fingerprint density at radius 3 is 2.62 bits per heavy atom. The lowest BCUT2D eigenvalue weighted by molar-refractivity contribution is 0.102. The van der Waals surface area contributed by atoms with Gasteiger partial charge in [0, 0.05) is 11.6 Å². The molecule has 0 unspecified atom stereocenters. The lowest BCUT2D eigenvalue weighted by Crippen LogP contribution is -2.37. The second-order valence-electron chi connectivity index (χ2n) is 6.66. The van der Waals surface area contributed by atoms with E-state index in [0.29, 0.717) is 23.2 Å². The third-order valence-corrected chi connectivity index (χ3v) is 4.69. The molecule has 26 heavy (non-hydrogen) atoms. The second-order valence-corrected chi connectivity index (χ2v) is 6.66. The van der Waals surface area contributed by atoms with Gasteiger partial charge in [0.15, 0.2) is 5.65 Å². The number of anilines is 2. The number of carbonyl (C=O) groups excluding carboxylic acids is 1. The molecule has 1 aliphatic rings. The smallest absolute Gasteiger partial charge is 0.258 e. The maximum Gasteiger partial charge on any atom is 0.258 e. The van der Waals surface area contributed by atoms with Crippen LogP contribution >= 0.6 is 0 Å². The standard InChI is InChI=1S/C19H22N6O/c1-24-12-10-15(11-13-24)20-16-8-5-9-17-21-19(23-25(16)17)22-18(26)14-6-3-2-4-7-14/h2-9,15,20H,10-13H2,1H3,(H,22,23,26). The molecule has 1 saturated heterocycles. The lowest BCUT2D eigenvalue weighted by atomic mass is 10.1. The number of benzene rings is 1. The number of fused-ring (bicyclic) bond motifs is 1. The van der Waals surface area contributed by atoms with Crippen LogP contribution in [0.1, 0.15) is 23.2 Å². The van der Waals surface area contributed by atoms with Gasteiger partial charge in [0.2, 0.25) is 5.95 Å². The molecule has 0 radical (unpaired) electrons. The Labute approximate surface area is 152 Å². The quantitative estimate of drug-likeness (QED) is 0.756. The summed E-state index contributed by atoms with van der Waals surface area (Å²) >= 11 is 0. The first-order valence-corrected chi connectivity index (χ1v) is 8.86. The number of amides is 1. The largest absolute Gasteiger partial charge is 0.367 e. The summed E-state index contributed by atoms with van der Waals surface area (Å²) in [5.74, 6) is 0.979. The SMILES string of the molecule is CN1CCC(Nc2cccc3nc(NC(=O)c4ccccc4)nn23)CC1. The molecule has 3 aromatic rings. The molecule has 7 heteroatoms. The molecule has 0 atom stereocenters. The Balaban J connectivity index is 1.53. The van der Waals surface area contributed by atoms with Gasteiger partial charge in [-0.1, -0.05) is 24.3 Å².